The largest absolute Gasteiger partial charge is 0.469 e. The van der Waals surface area contributed by atoms with Crippen LogP contribution in [0.2, 0.25) is 0 Å². The second-order valence-electron chi connectivity index (χ2n) is 6.50. The molecular weight excluding hydrogens is 284 g/mol. The van der Waals surface area contributed by atoms with Gasteiger partial charge in [-0.3, -0.25) is 4.79 Å². The smallest absolute Gasteiger partial charge is 0.315 e. The minimum atomic E-state index is -0.244. The number of carbonyl (C=O) groups excluding carboxylic acids is 2. The Bertz CT molecular complexity index is 380. The number of amides is 2. The van der Waals surface area contributed by atoms with Gasteiger partial charge in [0.25, 0.3) is 0 Å². The topological polar surface area (TPSA) is 87.7 Å². The van der Waals surface area contributed by atoms with Crippen LogP contribution in [-0.2, 0) is 9.53 Å². The first-order valence-corrected chi connectivity index (χ1v) is 8.43. The number of esters is 1. The van der Waals surface area contributed by atoms with Crippen LogP contribution in [0.1, 0.15) is 57.8 Å². The number of aliphatic hydroxyl groups excluding tert-OH is 1. The standard InChI is InChI=1S/C16H28N2O4/c1-22-15(20)13-5-3-2-4-6-14(13)18-16(21)17-11-7-9-12(19)10-8-11/h11-14,19H,2-10H2,1H3,(H2,17,18,21)/t11?,12?,13-,14-/m0/s1. The zero-order valence-corrected chi connectivity index (χ0v) is 13.3. The van der Waals surface area contributed by atoms with E-state index in [-0.39, 0.29) is 36.1 Å². The van der Waals surface area contributed by atoms with E-state index in [2.05, 4.69) is 10.6 Å². The third-order valence-corrected chi connectivity index (χ3v) is 4.87. The molecule has 3 N–H and O–H groups in total. The lowest BCUT2D eigenvalue weighted by molar-refractivity contribution is -0.146. The second-order valence-corrected chi connectivity index (χ2v) is 6.50. The summed E-state index contributed by atoms with van der Waals surface area (Å²) in [5.74, 6) is -0.473. The van der Waals surface area contributed by atoms with Gasteiger partial charge in [-0.15, -0.1) is 0 Å². The third kappa shape index (κ3) is 4.87. The Balaban J connectivity index is 1.85. The summed E-state index contributed by atoms with van der Waals surface area (Å²) in [5.41, 5.74) is 0. The van der Waals surface area contributed by atoms with Crippen LogP contribution in [0.5, 0.6) is 0 Å². The Labute approximate surface area is 132 Å². The number of hydrogen-bond acceptors (Lipinski definition) is 4. The summed E-state index contributed by atoms with van der Waals surface area (Å²) < 4.78 is 4.88. The summed E-state index contributed by atoms with van der Waals surface area (Å²) >= 11 is 0. The summed E-state index contributed by atoms with van der Waals surface area (Å²) in [6, 6.07) is -0.239. The summed E-state index contributed by atoms with van der Waals surface area (Å²) in [7, 11) is 1.40. The molecule has 2 amide bonds. The fourth-order valence-corrected chi connectivity index (χ4v) is 3.53. The van der Waals surface area contributed by atoms with E-state index in [9.17, 15) is 14.7 Å². The van der Waals surface area contributed by atoms with E-state index in [0.717, 1.165) is 57.8 Å². The predicted octanol–water partition coefficient (Wildman–Crippen LogP) is 1.71. The van der Waals surface area contributed by atoms with Gasteiger partial charge in [-0.25, -0.2) is 4.79 Å². The summed E-state index contributed by atoms with van der Waals surface area (Å²) in [6.45, 7) is 0. The fourth-order valence-electron chi connectivity index (χ4n) is 3.53. The van der Waals surface area contributed by atoms with Crippen molar-refractivity contribution >= 4 is 12.0 Å². The van der Waals surface area contributed by atoms with Crippen molar-refractivity contribution in [3.63, 3.8) is 0 Å². The highest BCUT2D eigenvalue weighted by Crippen LogP contribution is 2.25. The van der Waals surface area contributed by atoms with Crippen LogP contribution in [0.25, 0.3) is 0 Å². The molecule has 2 saturated carbocycles. The van der Waals surface area contributed by atoms with E-state index in [4.69, 9.17) is 4.74 Å². The molecule has 2 aliphatic rings. The minimum absolute atomic E-state index is 0.116. The maximum atomic E-state index is 12.2. The first kappa shape index (κ1) is 17.1. The summed E-state index contributed by atoms with van der Waals surface area (Å²) in [6.07, 6.45) is 7.55. The number of carbonyl (C=O) groups is 2. The maximum Gasteiger partial charge on any atom is 0.315 e. The van der Waals surface area contributed by atoms with E-state index in [1.165, 1.54) is 7.11 Å². The van der Waals surface area contributed by atoms with Crippen molar-refractivity contribution in [2.45, 2.75) is 76.0 Å². The molecule has 0 aromatic carbocycles. The van der Waals surface area contributed by atoms with Gasteiger partial charge in [0.1, 0.15) is 0 Å². The number of urea groups is 1. The van der Waals surface area contributed by atoms with Gasteiger partial charge in [0.05, 0.1) is 19.1 Å². The molecule has 0 aromatic rings. The zero-order chi connectivity index (χ0) is 15.9. The van der Waals surface area contributed by atoms with Crippen LogP contribution < -0.4 is 10.6 Å². The molecule has 0 bridgehead atoms. The normalized spacial score (nSPS) is 32.6. The molecule has 22 heavy (non-hydrogen) atoms. The van der Waals surface area contributed by atoms with Gasteiger partial charge in [-0.2, -0.15) is 0 Å². The Morgan fingerprint density at radius 2 is 1.64 bits per heavy atom. The molecule has 0 aromatic heterocycles. The molecule has 0 unspecified atom stereocenters. The first-order valence-electron chi connectivity index (χ1n) is 8.43. The van der Waals surface area contributed by atoms with Crippen LogP contribution in [-0.4, -0.2) is 42.4 Å². The zero-order valence-electron chi connectivity index (χ0n) is 13.3. The molecule has 0 radical (unpaired) electrons. The monoisotopic (exact) mass is 312 g/mol. The number of methoxy groups -OCH3 is 1. The van der Waals surface area contributed by atoms with Gasteiger partial charge in [-0.1, -0.05) is 19.3 Å². The second kappa shape index (κ2) is 8.36. The number of rotatable bonds is 3. The lowest BCUT2D eigenvalue weighted by atomic mass is 9.93. The van der Waals surface area contributed by atoms with Gasteiger partial charge in [0, 0.05) is 12.1 Å². The third-order valence-electron chi connectivity index (χ3n) is 4.87. The van der Waals surface area contributed by atoms with Crippen molar-refractivity contribution in [2.24, 2.45) is 5.92 Å². The molecule has 2 rings (SSSR count). The Kier molecular flexibility index (Phi) is 6.49. The molecule has 0 saturated heterocycles. The van der Waals surface area contributed by atoms with Crippen LogP contribution >= 0.6 is 0 Å². The van der Waals surface area contributed by atoms with Gasteiger partial charge in [0.2, 0.25) is 0 Å². The van der Waals surface area contributed by atoms with Crippen molar-refractivity contribution in [1.82, 2.24) is 10.6 Å². The molecule has 0 heterocycles. The lowest BCUT2D eigenvalue weighted by Crippen LogP contribution is -2.50. The number of hydrogen-bond donors (Lipinski definition) is 3. The Morgan fingerprint density at radius 3 is 2.32 bits per heavy atom. The molecular formula is C16H28N2O4. The van der Waals surface area contributed by atoms with Crippen LogP contribution in [0.4, 0.5) is 4.79 Å². The van der Waals surface area contributed by atoms with Crippen molar-refractivity contribution in [3.05, 3.63) is 0 Å². The summed E-state index contributed by atoms with van der Waals surface area (Å²) in [4.78, 5) is 24.1. The average Bonchev–Trinajstić information content (AvgIpc) is 2.74. The number of ether oxygens (including phenoxy) is 1. The highest BCUT2D eigenvalue weighted by Gasteiger charge is 2.32. The molecule has 126 valence electrons. The van der Waals surface area contributed by atoms with Crippen LogP contribution in [0, 0.1) is 5.92 Å². The quantitative estimate of drug-likeness (QED) is 0.547. The van der Waals surface area contributed by atoms with Gasteiger partial charge in [-0.05, 0) is 38.5 Å². The molecule has 0 aliphatic heterocycles. The van der Waals surface area contributed by atoms with E-state index in [0.29, 0.717) is 0 Å². The first-order chi connectivity index (χ1) is 10.6. The SMILES string of the molecule is COC(=O)[C@H]1CCCCC[C@@H]1NC(=O)NC1CCC(O)CC1. The summed E-state index contributed by atoms with van der Waals surface area (Å²) in [5, 5.41) is 15.4. The minimum Gasteiger partial charge on any atom is -0.469 e. The van der Waals surface area contributed by atoms with E-state index in [1.54, 1.807) is 0 Å². The molecule has 2 fully saturated rings. The van der Waals surface area contributed by atoms with Gasteiger partial charge in [0.15, 0.2) is 0 Å². The van der Waals surface area contributed by atoms with Crippen LogP contribution in [0.3, 0.4) is 0 Å². The molecule has 6 heteroatoms. The predicted molar refractivity (Wildman–Crippen MR) is 82.3 cm³/mol. The number of nitrogens with one attached hydrogen (secondary N) is 2. The van der Waals surface area contributed by atoms with E-state index >= 15 is 0 Å². The molecule has 6 nitrogen and oxygen atoms in total. The average molecular weight is 312 g/mol. The Hall–Kier alpha value is -1.30. The molecule has 2 atom stereocenters. The van der Waals surface area contributed by atoms with Gasteiger partial charge < -0.3 is 20.5 Å². The maximum absolute atomic E-state index is 12.2. The Morgan fingerprint density at radius 1 is 0.955 bits per heavy atom. The number of aliphatic hydroxyl groups is 1. The van der Waals surface area contributed by atoms with Crippen molar-refractivity contribution in [2.75, 3.05) is 7.11 Å². The van der Waals surface area contributed by atoms with Crippen LogP contribution in [0.15, 0.2) is 0 Å². The van der Waals surface area contributed by atoms with E-state index < -0.39 is 0 Å². The van der Waals surface area contributed by atoms with E-state index in [1.807, 2.05) is 0 Å². The molecule has 0 spiro atoms. The fraction of sp³-hybridized carbons (Fsp3) is 0.875. The highest BCUT2D eigenvalue weighted by atomic mass is 16.5. The van der Waals surface area contributed by atoms with Crippen molar-refractivity contribution in [1.29, 1.82) is 0 Å². The van der Waals surface area contributed by atoms with Gasteiger partial charge >= 0.3 is 12.0 Å². The lowest BCUT2D eigenvalue weighted by Gasteiger charge is -2.28. The highest BCUT2D eigenvalue weighted by molar-refractivity contribution is 5.77. The molecule has 2 aliphatic carbocycles. The van der Waals surface area contributed by atoms with Crippen molar-refractivity contribution in [3.8, 4) is 0 Å². The van der Waals surface area contributed by atoms with Crippen molar-refractivity contribution < 1.29 is 19.4 Å².